The Balaban J connectivity index is 1.46. The van der Waals surface area contributed by atoms with Crippen molar-refractivity contribution in [1.29, 1.82) is 5.26 Å². The summed E-state index contributed by atoms with van der Waals surface area (Å²) in [6.45, 7) is 0.639. The fourth-order valence-corrected chi connectivity index (χ4v) is 3.33. The zero-order chi connectivity index (χ0) is 19.6. The van der Waals surface area contributed by atoms with Crippen LogP contribution < -0.4 is 14.2 Å². The van der Waals surface area contributed by atoms with Crippen molar-refractivity contribution < 1.29 is 14.2 Å². The van der Waals surface area contributed by atoms with Crippen LogP contribution >= 0.6 is 0 Å². The number of rotatable bonds is 4. The van der Waals surface area contributed by atoms with Crippen LogP contribution in [-0.2, 0) is 6.61 Å². The van der Waals surface area contributed by atoms with Gasteiger partial charge in [0.1, 0.15) is 29.6 Å². The summed E-state index contributed by atoms with van der Waals surface area (Å²) in [5.74, 6) is 2.18. The summed E-state index contributed by atoms with van der Waals surface area (Å²) in [7, 11) is 0. The lowest BCUT2D eigenvalue weighted by atomic mass is 10.0. The molecule has 0 atom stereocenters. The molecule has 6 nitrogen and oxygen atoms in total. The van der Waals surface area contributed by atoms with Gasteiger partial charge in [-0.2, -0.15) is 5.26 Å². The summed E-state index contributed by atoms with van der Waals surface area (Å²) >= 11 is 0. The number of aromatic nitrogens is 2. The molecule has 4 aromatic rings. The van der Waals surface area contributed by atoms with Crippen LogP contribution in [0.4, 0.5) is 0 Å². The number of benzene rings is 2. The third kappa shape index (κ3) is 3.19. The minimum atomic E-state index is 0.250. The number of para-hydroxylation sites is 1. The largest absolute Gasteiger partial charge is 0.487 e. The molecular weight excluding hydrogens is 366 g/mol. The molecule has 0 saturated heterocycles. The SMILES string of the molecule is N#Cc1ccc(-c2ccnc3c(OCc4ccc5c(c4)OCO5)cccc23)cn1. The predicted octanol–water partition coefficient (Wildman–Crippen LogP) is 4.48. The molecule has 0 saturated carbocycles. The molecule has 2 aromatic carbocycles. The molecule has 0 amide bonds. The highest BCUT2D eigenvalue weighted by atomic mass is 16.7. The summed E-state index contributed by atoms with van der Waals surface area (Å²) in [5.41, 5.74) is 4.05. The van der Waals surface area contributed by atoms with Crippen LogP contribution in [0.15, 0.2) is 67.0 Å². The molecule has 1 aliphatic rings. The molecule has 140 valence electrons. The van der Waals surface area contributed by atoms with Gasteiger partial charge in [-0.3, -0.25) is 4.98 Å². The van der Waals surface area contributed by atoms with E-state index in [-0.39, 0.29) is 6.79 Å². The molecule has 0 aliphatic carbocycles. The van der Waals surface area contributed by atoms with Crippen molar-refractivity contribution in [2.75, 3.05) is 6.79 Å². The fraction of sp³-hybridized carbons (Fsp3) is 0.0870. The van der Waals surface area contributed by atoms with Crippen molar-refractivity contribution in [3.05, 3.63) is 78.2 Å². The van der Waals surface area contributed by atoms with Crippen LogP contribution in [0, 0.1) is 11.3 Å². The van der Waals surface area contributed by atoms with Gasteiger partial charge in [-0.15, -0.1) is 0 Å². The van der Waals surface area contributed by atoms with Crippen molar-refractivity contribution in [1.82, 2.24) is 9.97 Å². The summed E-state index contributed by atoms with van der Waals surface area (Å²) in [6.07, 6.45) is 3.46. The molecule has 0 bridgehead atoms. The van der Waals surface area contributed by atoms with E-state index in [9.17, 15) is 0 Å². The van der Waals surface area contributed by atoms with Crippen molar-refractivity contribution >= 4 is 10.9 Å². The van der Waals surface area contributed by atoms with Crippen LogP contribution in [0.5, 0.6) is 17.2 Å². The Morgan fingerprint density at radius 1 is 1.00 bits per heavy atom. The summed E-state index contributed by atoms with van der Waals surface area (Å²) in [4.78, 5) is 8.70. The van der Waals surface area contributed by atoms with Gasteiger partial charge < -0.3 is 14.2 Å². The van der Waals surface area contributed by atoms with Gasteiger partial charge in [0.15, 0.2) is 11.5 Å². The molecule has 29 heavy (non-hydrogen) atoms. The second-order valence-corrected chi connectivity index (χ2v) is 6.53. The van der Waals surface area contributed by atoms with Crippen molar-refractivity contribution in [3.8, 4) is 34.4 Å². The van der Waals surface area contributed by atoms with Gasteiger partial charge in [-0.1, -0.05) is 18.2 Å². The van der Waals surface area contributed by atoms with Crippen LogP contribution in [0.1, 0.15) is 11.3 Å². The monoisotopic (exact) mass is 381 g/mol. The molecule has 3 heterocycles. The van der Waals surface area contributed by atoms with Gasteiger partial charge in [0.05, 0.1) is 0 Å². The molecule has 2 aromatic heterocycles. The minimum Gasteiger partial charge on any atom is -0.487 e. The summed E-state index contributed by atoms with van der Waals surface area (Å²) in [5, 5.41) is 9.92. The van der Waals surface area contributed by atoms with E-state index in [0.717, 1.165) is 39.1 Å². The Kier molecular flexibility index (Phi) is 4.19. The maximum absolute atomic E-state index is 8.96. The minimum absolute atomic E-state index is 0.250. The molecule has 0 fully saturated rings. The van der Waals surface area contributed by atoms with Gasteiger partial charge in [0, 0.05) is 23.3 Å². The maximum Gasteiger partial charge on any atom is 0.231 e. The Hall–Kier alpha value is -4.11. The molecular formula is C23H15N3O3. The van der Waals surface area contributed by atoms with E-state index in [1.165, 1.54) is 0 Å². The second-order valence-electron chi connectivity index (χ2n) is 6.53. The number of fused-ring (bicyclic) bond motifs is 2. The first-order chi connectivity index (χ1) is 14.3. The maximum atomic E-state index is 8.96. The molecule has 0 radical (unpaired) electrons. The Labute approximate surface area is 166 Å². The van der Waals surface area contributed by atoms with Gasteiger partial charge in [-0.05, 0) is 47.5 Å². The van der Waals surface area contributed by atoms with Gasteiger partial charge in [0.2, 0.25) is 6.79 Å². The van der Waals surface area contributed by atoms with E-state index in [1.807, 2.05) is 54.6 Å². The third-order valence-corrected chi connectivity index (χ3v) is 4.75. The van der Waals surface area contributed by atoms with E-state index < -0.39 is 0 Å². The van der Waals surface area contributed by atoms with E-state index >= 15 is 0 Å². The topological polar surface area (TPSA) is 77.3 Å². The highest BCUT2D eigenvalue weighted by Gasteiger charge is 2.14. The number of pyridine rings is 2. The lowest BCUT2D eigenvalue weighted by molar-refractivity contribution is 0.174. The lowest BCUT2D eigenvalue weighted by Gasteiger charge is -2.11. The normalized spacial score (nSPS) is 12.0. The lowest BCUT2D eigenvalue weighted by Crippen LogP contribution is -1.97. The zero-order valence-electron chi connectivity index (χ0n) is 15.3. The molecule has 0 N–H and O–H groups in total. The summed E-state index contributed by atoms with van der Waals surface area (Å²) < 4.78 is 16.8. The number of nitrogens with zero attached hydrogens (tertiary/aromatic N) is 3. The van der Waals surface area contributed by atoms with Crippen molar-refractivity contribution in [3.63, 3.8) is 0 Å². The first-order valence-electron chi connectivity index (χ1n) is 9.07. The van der Waals surface area contributed by atoms with Crippen LogP contribution in [0.2, 0.25) is 0 Å². The van der Waals surface area contributed by atoms with Crippen LogP contribution in [0.25, 0.3) is 22.0 Å². The van der Waals surface area contributed by atoms with Crippen LogP contribution in [-0.4, -0.2) is 16.8 Å². The first-order valence-corrected chi connectivity index (χ1v) is 9.07. The number of hydrogen-bond acceptors (Lipinski definition) is 6. The highest BCUT2D eigenvalue weighted by molar-refractivity contribution is 5.97. The van der Waals surface area contributed by atoms with Gasteiger partial charge in [0.25, 0.3) is 0 Å². The number of hydrogen-bond donors (Lipinski definition) is 0. The Morgan fingerprint density at radius 2 is 1.93 bits per heavy atom. The van der Waals surface area contributed by atoms with Crippen molar-refractivity contribution in [2.24, 2.45) is 0 Å². The Bertz CT molecular complexity index is 1250. The smallest absolute Gasteiger partial charge is 0.231 e. The standard InChI is InChI=1S/C23H15N3O3/c24-11-17-6-5-16(12-26-17)18-8-9-25-23-19(18)2-1-3-21(23)27-13-15-4-7-20-22(10-15)29-14-28-20/h1-10,12H,13-14H2. The average Bonchev–Trinajstić information content (AvgIpc) is 3.25. The van der Waals surface area contributed by atoms with Crippen molar-refractivity contribution in [2.45, 2.75) is 6.61 Å². The third-order valence-electron chi connectivity index (χ3n) is 4.75. The van der Waals surface area contributed by atoms with E-state index in [1.54, 1.807) is 18.5 Å². The molecule has 6 heteroatoms. The Morgan fingerprint density at radius 3 is 2.79 bits per heavy atom. The summed E-state index contributed by atoms with van der Waals surface area (Å²) in [6, 6.07) is 19.2. The average molecular weight is 381 g/mol. The zero-order valence-corrected chi connectivity index (χ0v) is 15.3. The molecule has 1 aliphatic heterocycles. The number of nitriles is 1. The molecule has 0 unspecified atom stereocenters. The molecule has 0 spiro atoms. The van der Waals surface area contributed by atoms with Gasteiger partial charge >= 0.3 is 0 Å². The highest BCUT2D eigenvalue weighted by Crippen LogP contribution is 2.34. The van der Waals surface area contributed by atoms with Gasteiger partial charge in [-0.25, -0.2) is 4.98 Å². The quantitative estimate of drug-likeness (QED) is 0.519. The number of ether oxygens (including phenoxy) is 3. The van der Waals surface area contributed by atoms with E-state index in [0.29, 0.717) is 18.1 Å². The fourth-order valence-electron chi connectivity index (χ4n) is 3.33. The second kappa shape index (κ2) is 7.13. The van der Waals surface area contributed by atoms with E-state index in [4.69, 9.17) is 19.5 Å². The van der Waals surface area contributed by atoms with Crippen LogP contribution in [0.3, 0.4) is 0 Å². The predicted molar refractivity (Wildman–Crippen MR) is 107 cm³/mol. The first kappa shape index (κ1) is 17.0. The van der Waals surface area contributed by atoms with E-state index in [2.05, 4.69) is 9.97 Å². The molecule has 5 rings (SSSR count).